The van der Waals surface area contributed by atoms with Crippen LogP contribution in [-0.2, 0) is 0 Å². The molecule has 0 aromatic heterocycles. The van der Waals surface area contributed by atoms with Gasteiger partial charge in [-0.3, -0.25) is 4.79 Å². The SMILES string of the molecule is COc1ccc(C(=O)N2CCCC[C@@H]2CN2CCCC2)cc1. The molecular weight excluding hydrogens is 276 g/mol. The van der Waals surface area contributed by atoms with E-state index in [1.165, 1.54) is 32.4 Å². The second-order valence-corrected chi connectivity index (χ2v) is 6.38. The van der Waals surface area contributed by atoms with E-state index in [1.807, 2.05) is 24.3 Å². The number of amides is 1. The van der Waals surface area contributed by atoms with Gasteiger partial charge in [-0.25, -0.2) is 0 Å². The number of methoxy groups -OCH3 is 1. The molecule has 4 nitrogen and oxygen atoms in total. The molecule has 1 aromatic carbocycles. The van der Waals surface area contributed by atoms with Crippen LogP contribution in [0, 0.1) is 0 Å². The first kappa shape index (κ1) is 15.3. The van der Waals surface area contributed by atoms with Gasteiger partial charge < -0.3 is 14.5 Å². The molecule has 22 heavy (non-hydrogen) atoms. The van der Waals surface area contributed by atoms with Gasteiger partial charge in [0.05, 0.1) is 7.11 Å². The van der Waals surface area contributed by atoms with Crippen LogP contribution >= 0.6 is 0 Å². The number of rotatable bonds is 4. The van der Waals surface area contributed by atoms with Gasteiger partial charge in [0.2, 0.25) is 0 Å². The second-order valence-electron chi connectivity index (χ2n) is 6.38. The molecule has 3 rings (SSSR count). The van der Waals surface area contributed by atoms with Crippen molar-refractivity contribution in [1.29, 1.82) is 0 Å². The summed E-state index contributed by atoms with van der Waals surface area (Å²) in [7, 11) is 1.65. The van der Waals surface area contributed by atoms with Crippen LogP contribution < -0.4 is 4.74 Å². The van der Waals surface area contributed by atoms with E-state index in [0.29, 0.717) is 6.04 Å². The Hall–Kier alpha value is -1.55. The van der Waals surface area contributed by atoms with Crippen LogP contribution in [-0.4, -0.2) is 55.0 Å². The molecule has 2 saturated heterocycles. The van der Waals surface area contributed by atoms with Gasteiger partial charge in [0, 0.05) is 24.7 Å². The minimum atomic E-state index is 0.173. The fourth-order valence-electron chi connectivity index (χ4n) is 3.62. The smallest absolute Gasteiger partial charge is 0.254 e. The molecule has 0 unspecified atom stereocenters. The van der Waals surface area contributed by atoms with E-state index in [-0.39, 0.29) is 5.91 Å². The standard InChI is InChI=1S/C18H26N2O2/c1-22-17-9-7-15(8-10-17)18(21)20-13-3-2-6-16(20)14-19-11-4-5-12-19/h7-10,16H,2-6,11-14H2,1H3/t16-/m1/s1. The van der Waals surface area contributed by atoms with Gasteiger partial charge in [0.15, 0.2) is 0 Å². The number of hydrogen-bond acceptors (Lipinski definition) is 3. The molecule has 1 amide bonds. The summed E-state index contributed by atoms with van der Waals surface area (Å²) in [5.41, 5.74) is 0.772. The number of hydrogen-bond donors (Lipinski definition) is 0. The predicted octanol–water partition coefficient (Wildman–Crippen LogP) is 2.79. The van der Waals surface area contributed by atoms with Crippen LogP contribution in [0.3, 0.4) is 0 Å². The molecule has 2 aliphatic heterocycles. The lowest BCUT2D eigenvalue weighted by molar-refractivity contribution is 0.0560. The van der Waals surface area contributed by atoms with E-state index in [9.17, 15) is 4.79 Å². The van der Waals surface area contributed by atoms with Crippen LogP contribution in [0.4, 0.5) is 0 Å². The highest BCUT2D eigenvalue weighted by Crippen LogP contribution is 2.23. The minimum Gasteiger partial charge on any atom is -0.497 e. The highest BCUT2D eigenvalue weighted by Gasteiger charge is 2.29. The Labute approximate surface area is 133 Å². The summed E-state index contributed by atoms with van der Waals surface area (Å²) in [6.07, 6.45) is 6.11. The Bertz CT molecular complexity index is 494. The summed E-state index contributed by atoms with van der Waals surface area (Å²) < 4.78 is 5.17. The molecule has 2 heterocycles. The number of piperidine rings is 1. The molecule has 0 spiro atoms. The summed E-state index contributed by atoms with van der Waals surface area (Å²) in [6.45, 7) is 4.33. The van der Waals surface area contributed by atoms with Crippen LogP contribution in [0.5, 0.6) is 5.75 Å². The first-order valence-electron chi connectivity index (χ1n) is 8.45. The fraction of sp³-hybridized carbons (Fsp3) is 0.611. The fourth-order valence-corrected chi connectivity index (χ4v) is 3.62. The van der Waals surface area contributed by atoms with E-state index < -0.39 is 0 Å². The van der Waals surface area contributed by atoms with Crippen molar-refractivity contribution in [3.8, 4) is 5.75 Å². The summed E-state index contributed by atoms with van der Waals surface area (Å²) >= 11 is 0. The molecule has 0 radical (unpaired) electrons. The summed E-state index contributed by atoms with van der Waals surface area (Å²) in [4.78, 5) is 17.5. The van der Waals surface area contributed by atoms with Crippen LogP contribution in [0.1, 0.15) is 42.5 Å². The lowest BCUT2D eigenvalue weighted by Gasteiger charge is -2.38. The zero-order valence-electron chi connectivity index (χ0n) is 13.5. The third-order valence-electron chi connectivity index (χ3n) is 4.89. The van der Waals surface area contributed by atoms with Crippen molar-refractivity contribution < 1.29 is 9.53 Å². The number of nitrogens with zero attached hydrogens (tertiary/aromatic N) is 2. The number of benzene rings is 1. The first-order chi connectivity index (χ1) is 10.8. The zero-order valence-corrected chi connectivity index (χ0v) is 13.5. The van der Waals surface area contributed by atoms with Crippen LogP contribution in [0.2, 0.25) is 0 Å². The first-order valence-corrected chi connectivity index (χ1v) is 8.45. The van der Waals surface area contributed by atoms with Gasteiger partial charge >= 0.3 is 0 Å². The average molecular weight is 302 g/mol. The van der Waals surface area contributed by atoms with Crippen molar-refractivity contribution in [2.24, 2.45) is 0 Å². The molecule has 0 bridgehead atoms. The number of ether oxygens (including phenoxy) is 1. The van der Waals surface area contributed by atoms with E-state index in [2.05, 4.69) is 9.80 Å². The summed E-state index contributed by atoms with van der Waals surface area (Å²) in [5, 5.41) is 0. The summed E-state index contributed by atoms with van der Waals surface area (Å²) in [6, 6.07) is 7.87. The maximum absolute atomic E-state index is 12.9. The highest BCUT2D eigenvalue weighted by atomic mass is 16.5. The topological polar surface area (TPSA) is 32.8 Å². The Kier molecular flexibility index (Phi) is 4.98. The average Bonchev–Trinajstić information content (AvgIpc) is 3.08. The largest absolute Gasteiger partial charge is 0.497 e. The van der Waals surface area contributed by atoms with Crippen molar-refractivity contribution in [3.05, 3.63) is 29.8 Å². The van der Waals surface area contributed by atoms with Gasteiger partial charge in [-0.15, -0.1) is 0 Å². The van der Waals surface area contributed by atoms with Crippen molar-refractivity contribution in [3.63, 3.8) is 0 Å². The molecule has 1 atom stereocenters. The van der Waals surface area contributed by atoms with E-state index >= 15 is 0 Å². The number of carbonyl (C=O) groups is 1. The maximum atomic E-state index is 12.9. The molecule has 4 heteroatoms. The Morgan fingerprint density at radius 1 is 1.09 bits per heavy atom. The monoisotopic (exact) mass is 302 g/mol. The van der Waals surface area contributed by atoms with Crippen LogP contribution in [0.25, 0.3) is 0 Å². The van der Waals surface area contributed by atoms with E-state index in [4.69, 9.17) is 4.74 Å². The molecule has 0 saturated carbocycles. The highest BCUT2D eigenvalue weighted by molar-refractivity contribution is 5.94. The van der Waals surface area contributed by atoms with Crippen LogP contribution in [0.15, 0.2) is 24.3 Å². The molecule has 2 aliphatic rings. The van der Waals surface area contributed by atoms with E-state index in [0.717, 1.165) is 37.2 Å². The van der Waals surface area contributed by atoms with E-state index in [1.54, 1.807) is 7.11 Å². The molecule has 2 fully saturated rings. The van der Waals surface area contributed by atoms with Gasteiger partial charge in [-0.05, 0) is 69.5 Å². The zero-order chi connectivity index (χ0) is 15.4. The van der Waals surface area contributed by atoms with Crippen molar-refractivity contribution in [2.75, 3.05) is 33.3 Å². The van der Waals surface area contributed by atoms with Crippen molar-refractivity contribution >= 4 is 5.91 Å². The molecule has 1 aromatic rings. The summed E-state index contributed by atoms with van der Waals surface area (Å²) in [5.74, 6) is 0.968. The predicted molar refractivity (Wildman–Crippen MR) is 87.3 cm³/mol. The van der Waals surface area contributed by atoms with Gasteiger partial charge in [0.1, 0.15) is 5.75 Å². The second kappa shape index (κ2) is 7.14. The Morgan fingerprint density at radius 3 is 2.45 bits per heavy atom. The van der Waals surface area contributed by atoms with Crippen molar-refractivity contribution in [1.82, 2.24) is 9.80 Å². The number of carbonyl (C=O) groups excluding carboxylic acids is 1. The molecule has 0 N–H and O–H groups in total. The normalized spacial score (nSPS) is 22.8. The maximum Gasteiger partial charge on any atom is 0.254 e. The lowest BCUT2D eigenvalue weighted by atomic mass is 10.00. The number of likely N-dealkylation sites (tertiary alicyclic amines) is 2. The van der Waals surface area contributed by atoms with Gasteiger partial charge in [-0.2, -0.15) is 0 Å². The van der Waals surface area contributed by atoms with Gasteiger partial charge in [0.25, 0.3) is 5.91 Å². The molecular formula is C18H26N2O2. The third-order valence-corrected chi connectivity index (χ3v) is 4.89. The quantitative estimate of drug-likeness (QED) is 0.857. The Balaban J connectivity index is 1.69. The molecule has 0 aliphatic carbocycles. The van der Waals surface area contributed by atoms with Gasteiger partial charge in [-0.1, -0.05) is 0 Å². The van der Waals surface area contributed by atoms with Crippen molar-refractivity contribution in [2.45, 2.75) is 38.1 Å². The Morgan fingerprint density at radius 2 is 1.77 bits per heavy atom. The third kappa shape index (κ3) is 3.43. The molecule has 120 valence electrons. The lowest BCUT2D eigenvalue weighted by Crippen LogP contribution is -2.49. The minimum absolute atomic E-state index is 0.173.